The first-order chi connectivity index (χ1) is 9.06. The third kappa shape index (κ3) is 4.54. The third-order valence-corrected chi connectivity index (χ3v) is 2.01. The van der Waals surface area contributed by atoms with Gasteiger partial charge in [-0.2, -0.15) is 0 Å². The Morgan fingerprint density at radius 2 is 1.79 bits per heavy atom. The molecule has 0 bridgehead atoms. The fraction of sp³-hybridized carbons (Fsp3) is 0.182. The highest BCUT2D eigenvalue weighted by molar-refractivity contribution is 5.94. The second-order valence-corrected chi connectivity index (χ2v) is 3.27. The molecule has 1 aromatic carbocycles. The fourth-order valence-electron chi connectivity index (χ4n) is 1.16. The van der Waals surface area contributed by atoms with E-state index < -0.39 is 18.1 Å². The SMILES string of the molecule is COC(=O)NNC(=O)Nc1cccc(C(=O)OC)c1. The Labute approximate surface area is 109 Å². The molecule has 0 atom stereocenters. The van der Waals surface area contributed by atoms with E-state index in [2.05, 4.69) is 20.2 Å². The summed E-state index contributed by atoms with van der Waals surface area (Å²) in [6.07, 6.45) is -0.807. The van der Waals surface area contributed by atoms with Crippen molar-refractivity contribution < 1.29 is 23.9 Å². The number of methoxy groups -OCH3 is 2. The standard InChI is InChI=1S/C11H13N3O5/c1-18-9(15)7-4-3-5-8(6-7)12-10(16)13-14-11(17)19-2/h3-6H,1-2H3,(H,14,17)(H2,12,13,16). The highest BCUT2D eigenvalue weighted by Gasteiger charge is 2.08. The molecule has 0 radical (unpaired) electrons. The van der Waals surface area contributed by atoms with Crippen molar-refractivity contribution in [2.45, 2.75) is 0 Å². The van der Waals surface area contributed by atoms with Crippen molar-refractivity contribution in [3.8, 4) is 0 Å². The second-order valence-electron chi connectivity index (χ2n) is 3.27. The van der Waals surface area contributed by atoms with Gasteiger partial charge >= 0.3 is 18.1 Å². The first-order valence-electron chi connectivity index (χ1n) is 5.16. The molecule has 0 aliphatic carbocycles. The van der Waals surface area contributed by atoms with Crippen LogP contribution in [0.5, 0.6) is 0 Å². The van der Waals surface area contributed by atoms with Crippen LogP contribution in [-0.2, 0) is 9.47 Å². The molecule has 102 valence electrons. The zero-order valence-electron chi connectivity index (χ0n) is 10.4. The van der Waals surface area contributed by atoms with E-state index in [1.54, 1.807) is 18.2 Å². The highest BCUT2D eigenvalue weighted by Crippen LogP contribution is 2.11. The average Bonchev–Trinajstić information content (AvgIpc) is 2.44. The molecule has 3 N–H and O–H groups in total. The summed E-state index contributed by atoms with van der Waals surface area (Å²) in [4.78, 5) is 33.4. The Hall–Kier alpha value is -2.77. The molecular weight excluding hydrogens is 254 g/mol. The number of hydrogen-bond donors (Lipinski definition) is 3. The number of esters is 1. The predicted molar refractivity (Wildman–Crippen MR) is 65.5 cm³/mol. The van der Waals surface area contributed by atoms with Crippen LogP contribution in [-0.4, -0.2) is 32.3 Å². The van der Waals surface area contributed by atoms with Gasteiger partial charge in [0.2, 0.25) is 0 Å². The van der Waals surface area contributed by atoms with E-state index in [1.165, 1.54) is 13.2 Å². The quantitative estimate of drug-likeness (QED) is 0.544. The Balaban J connectivity index is 2.59. The molecule has 0 heterocycles. The maximum absolute atomic E-state index is 11.4. The van der Waals surface area contributed by atoms with E-state index in [9.17, 15) is 14.4 Å². The Kier molecular flexibility index (Phi) is 5.15. The molecule has 0 saturated heterocycles. The van der Waals surface area contributed by atoms with Crippen molar-refractivity contribution in [3.05, 3.63) is 29.8 Å². The van der Waals surface area contributed by atoms with Gasteiger partial charge in [0, 0.05) is 5.69 Å². The molecule has 0 aliphatic rings. The summed E-state index contributed by atoms with van der Waals surface area (Å²) in [5, 5.41) is 2.41. The van der Waals surface area contributed by atoms with Crippen LogP contribution in [0.15, 0.2) is 24.3 Å². The lowest BCUT2D eigenvalue weighted by atomic mass is 10.2. The van der Waals surface area contributed by atoms with Crippen molar-refractivity contribution in [2.24, 2.45) is 0 Å². The minimum Gasteiger partial charge on any atom is -0.465 e. The summed E-state index contributed by atoms with van der Waals surface area (Å²) >= 11 is 0. The number of hydrogen-bond acceptors (Lipinski definition) is 5. The Morgan fingerprint density at radius 3 is 2.42 bits per heavy atom. The number of anilines is 1. The van der Waals surface area contributed by atoms with E-state index in [-0.39, 0.29) is 0 Å². The molecular formula is C11H13N3O5. The molecule has 1 aromatic rings. The normalized spacial score (nSPS) is 9.16. The van der Waals surface area contributed by atoms with E-state index in [0.29, 0.717) is 11.3 Å². The zero-order valence-corrected chi connectivity index (χ0v) is 10.4. The van der Waals surface area contributed by atoms with E-state index in [0.717, 1.165) is 7.11 Å². The van der Waals surface area contributed by atoms with Gasteiger partial charge < -0.3 is 14.8 Å². The van der Waals surface area contributed by atoms with Crippen LogP contribution in [0.4, 0.5) is 15.3 Å². The number of nitrogens with one attached hydrogen (secondary N) is 3. The third-order valence-electron chi connectivity index (χ3n) is 2.01. The van der Waals surface area contributed by atoms with Crippen molar-refractivity contribution in [2.75, 3.05) is 19.5 Å². The van der Waals surface area contributed by atoms with Gasteiger partial charge in [0.25, 0.3) is 0 Å². The topological polar surface area (TPSA) is 106 Å². The molecule has 19 heavy (non-hydrogen) atoms. The summed E-state index contributed by atoms with van der Waals surface area (Å²) in [6, 6.07) is 5.44. The molecule has 0 spiro atoms. The number of urea groups is 1. The van der Waals surface area contributed by atoms with Gasteiger partial charge in [0.15, 0.2) is 0 Å². The number of benzene rings is 1. The number of carbonyl (C=O) groups excluding carboxylic acids is 3. The zero-order chi connectivity index (χ0) is 14.3. The molecule has 0 fully saturated rings. The van der Waals surface area contributed by atoms with Crippen LogP contribution in [0.25, 0.3) is 0 Å². The average molecular weight is 267 g/mol. The summed E-state index contributed by atoms with van der Waals surface area (Å²) in [5.41, 5.74) is 4.70. The van der Waals surface area contributed by atoms with Crippen LogP contribution < -0.4 is 16.2 Å². The van der Waals surface area contributed by atoms with Gasteiger partial charge in [-0.15, -0.1) is 0 Å². The lowest BCUT2D eigenvalue weighted by Gasteiger charge is -2.08. The number of rotatable bonds is 2. The van der Waals surface area contributed by atoms with Gasteiger partial charge in [-0.3, -0.25) is 0 Å². The summed E-state index contributed by atoms with van der Waals surface area (Å²) in [7, 11) is 2.42. The highest BCUT2D eigenvalue weighted by atomic mass is 16.5. The molecule has 0 aromatic heterocycles. The molecule has 8 heteroatoms. The fourth-order valence-corrected chi connectivity index (χ4v) is 1.16. The molecule has 0 saturated carbocycles. The minimum atomic E-state index is -0.807. The number of carbonyl (C=O) groups is 3. The number of hydrazine groups is 1. The number of ether oxygens (including phenoxy) is 2. The molecule has 0 aliphatic heterocycles. The monoisotopic (exact) mass is 267 g/mol. The summed E-state index contributed by atoms with van der Waals surface area (Å²) in [6.45, 7) is 0. The van der Waals surface area contributed by atoms with Gasteiger partial charge in [-0.1, -0.05) is 6.07 Å². The minimum absolute atomic E-state index is 0.293. The van der Waals surface area contributed by atoms with Crippen molar-refractivity contribution >= 4 is 23.8 Å². The predicted octanol–water partition coefficient (Wildman–Crippen LogP) is 0.866. The number of amides is 3. The van der Waals surface area contributed by atoms with Crippen LogP contribution in [0.1, 0.15) is 10.4 Å². The van der Waals surface area contributed by atoms with E-state index in [1.807, 2.05) is 5.43 Å². The smallest absolute Gasteiger partial charge is 0.425 e. The molecule has 8 nitrogen and oxygen atoms in total. The van der Waals surface area contributed by atoms with Crippen molar-refractivity contribution in [1.29, 1.82) is 0 Å². The Bertz CT molecular complexity index is 489. The first-order valence-corrected chi connectivity index (χ1v) is 5.16. The van der Waals surface area contributed by atoms with Crippen LogP contribution in [0.3, 0.4) is 0 Å². The first kappa shape index (κ1) is 14.3. The Morgan fingerprint density at radius 1 is 1.05 bits per heavy atom. The van der Waals surface area contributed by atoms with Crippen LogP contribution in [0.2, 0.25) is 0 Å². The van der Waals surface area contributed by atoms with Crippen LogP contribution in [0, 0.1) is 0 Å². The second kappa shape index (κ2) is 6.84. The molecule has 1 rings (SSSR count). The van der Waals surface area contributed by atoms with Crippen molar-refractivity contribution in [1.82, 2.24) is 10.9 Å². The van der Waals surface area contributed by atoms with Crippen molar-refractivity contribution in [3.63, 3.8) is 0 Å². The van der Waals surface area contributed by atoms with Gasteiger partial charge in [0.05, 0.1) is 19.8 Å². The molecule has 0 unspecified atom stereocenters. The van der Waals surface area contributed by atoms with E-state index >= 15 is 0 Å². The molecule has 3 amide bonds. The van der Waals surface area contributed by atoms with Gasteiger partial charge in [0.1, 0.15) is 0 Å². The lowest BCUT2D eigenvalue weighted by molar-refractivity contribution is 0.0600. The van der Waals surface area contributed by atoms with Crippen LogP contribution >= 0.6 is 0 Å². The maximum Gasteiger partial charge on any atom is 0.425 e. The largest absolute Gasteiger partial charge is 0.465 e. The lowest BCUT2D eigenvalue weighted by Crippen LogP contribution is -2.43. The summed E-state index contributed by atoms with van der Waals surface area (Å²) < 4.78 is 8.81. The summed E-state index contributed by atoms with van der Waals surface area (Å²) in [5.74, 6) is -0.517. The maximum atomic E-state index is 11.4. The van der Waals surface area contributed by atoms with Gasteiger partial charge in [-0.25, -0.2) is 25.2 Å². The van der Waals surface area contributed by atoms with E-state index in [4.69, 9.17) is 0 Å². The van der Waals surface area contributed by atoms with Gasteiger partial charge in [-0.05, 0) is 18.2 Å².